The molecule has 3 rings (SSSR count). The van der Waals surface area contributed by atoms with E-state index in [2.05, 4.69) is 28.7 Å². The molecule has 0 saturated heterocycles. The third kappa shape index (κ3) is 2.16. The number of aryl methyl sites for hydroxylation is 1. The van der Waals surface area contributed by atoms with Crippen LogP contribution in [0.3, 0.4) is 0 Å². The summed E-state index contributed by atoms with van der Waals surface area (Å²) in [5.74, 6) is -0.570. The first-order valence-corrected chi connectivity index (χ1v) is 7.65. The van der Waals surface area contributed by atoms with Crippen molar-refractivity contribution in [2.24, 2.45) is 0 Å². The number of hydrogen-bond donors (Lipinski definition) is 0. The minimum absolute atomic E-state index is 0.0502. The summed E-state index contributed by atoms with van der Waals surface area (Å²) >= 11 is 2.20. The van der Waals surface area contributed by atoms with Crippen LogP contribution in [0, 0.1) is 8.78 Å². The Kier molecular flexibility index (Phi) is 3.59. The third-order valence-corrected chi connectivity index (χ3v) is 4.09. The molecule has 2 aliphatic rings. The molecule has 1 aromatic rings. The zero-order valence-electron chi connectivity index (χ0n) is 11.1. The second-order valence-corrected chi connectivity index (χ2v) is 6.00. The second kappa shape index (κ2) is 5.25. The predicted octanol–water partition coefficient (Wildman–Crippen LogP) is 2.77. The van der Waals surface area contributed by atoms with Crippen LogP contribution in [0.4, 0.5) is 11.4 Å². The SMILES string of the molecule is CCOC(=O)C1=CN2CCCc3cc(I)cc(c32)N1[O-]. The Balaban J connectivity index is 2.09. The van der Waals surface area contributed by atoms with Crippen molar-refractivity contribution in [1.82, 2.24) is 0 Å². The summed E-state index contributed by atoms with van der Waals surface area (Å²) < 4.78 is 5.96. The number of carbonyl (C=O) groups excluding carboxylic acids is 1. The molecule has 20 heavy (non-hydrogen) atoms. The van der Waals surface area contributed by atoms with Gasteiger partial charge in [0.2, 0.25) is 0 Å². The van der Waals surface area contributed by atoms with Gasteiger partial charge in [-0.05, 0) is 60.1 Å². The van der Waals surface area contributed by atoms with Gasteiger partial charge in [0.15, 0.2) is 0 Å². The zero-order valence-corrected chi connectivity index (χ0v) is 13.2. The van der Waals surface area contributed by atoms with E-state index in [9.17, 15) is 10.0 Å². The van der Waals surface area contributed by atoms with Crippen molar-refractivity contribution in [3.8, 4) is 0 Å². The monoisotopic (exact) mass is 385 g/mol. The molecule has 106 valence electrons. The summed E-state index contributed by atoms with van der Waals surface area (Å²) in [7, 11) is 0. The molecule has 0 fully saturated rings. The molecule has 0 amide bonds. The highest BCUT2D eigenvalue weighted by Gasteiger charge is 2.28. The van der Waals surface area contributed by atoms with Crippen LogP contribution in [-0.2, 0) is 16.0 Å². The Morgan fingerprint density at radius 3 is 3.05 bits per heavy atom. The minimum atomic E-state index is -0.570. The lowest BCUT2D eigenvalue weighted by molar-refractivity contribution is -0.138. The molecule has 0 spiro atoms. The maximum absolute atomic E-state index is 12.4. The molecular formula is C14H14IN2O3-. The summed E-state index contributed by atoms with van der Waals surface area (Å²) in [6, 6.07) is 3.92. The topological polar surface area (TPSA) is 55.8 Å². The van der Waals surface area contributed by atoms with E-state index >= 15 is 0 Å². The van der Waals surface area contributed by atoms with Crippen molar-refractivity contribution in [2.75, 3.05) is 23.1 Å². The lowest BCUT2D eigenvalue weighted by Crippen LogP contribution is -2.36. The van der Waals surface area contributed by atoms with Gasteiger partial charge in [-0.2, -0.15) is 0 Å². The number of benzene rings is 1. The fraction of sp³-hybridized carbons (Fsp3) is 0.357. The van der Waals surface area contributed by atoms with Gasteiger partial charge in [0.25, 0.3) is 0 Å². The van der Waals surface area contributed by atoms with Crippen molar-refractivity contribution >= 4 is 39.9 Å². The number of hydrogen-bond acceptors (Lipinski definition) is 5. The first-order chi connectivity index (χ1) is 9.61. The quantitative estimate of drug-likeness (QED) is 0.579. The molecule has 1 aromatic carbocycles. The smallest absolute Gasteiger partial charge is 0.355 e. The Labute approximate surface area is 130 Å². The predicted molar refractivity (Wildman–Crippen MR) is 85.4 cm³/mol. The lowest BCUT2D eigenvalue weighted by Gasteiger charge is -2.43. The Morgan fingerprint density at radius 1 is 1.50 bits per heavy atom. The zero-order chi connectivity index (χ0) is 14.3. The number of hydroxylamine groups is 1. The van der Waals surface area contributed by atoms with Gasteiger partial charge in [-0.1, -0.05) is 0 Å². The van der Waals surface area contributed by atoms with Crippen LogP contribution in [-0.4, -0.2) is 19.1 Å². The number of rotatable bonds is 2. The number of carbonyl (C=O) groups is 1. The maximum Gasteiger partial charge on any atom is 0.355 e. The molecule has 0 bridgehead atoms. The van der Waals surface area contributed by atoms with Crippen molar-refractivity contribution in [3.63, 3.8) is 0 Å². The van der Waals surface area contributed by atoms with Crippen LogP contribution in [0.5, 0.6) is 0 Å². The van der Waals surface area contributed by atoms with E-state index in [0.717, 1.165) is 34.2 Å². The summed E-state index contributed by atoms with van der Waals surface area (Å²) in [6.07, 6.45) is 3.59. The van der Waals surface area contributed by atoms with Crippen LogP contribution in [0.1, 0.15) is 18.9 Å². The first kappa shape index (κ1) is 13.7. The second-order valence-electron chi connectivity index (χ2n) is 4.76. The molecule has 0 aliphatic carbocycles. The highest BCUT2D eigenvalue weighted by Crippen LogP contribution is 2.42. The van der Waals surface area contributed by atoms with Gasteiger partial charge in [-0.25, -0.2) is 4.79 Å². The molecule has 0 N–H and O–H groups in total. The molecule has 0 unspecified atom stereocenters. The van der Waals surface area contributed by atoms with Gasteiger partial charge in [-0.3, -0.25) is 0 Å². The highest BCUT2D eigenvalue weighted by atomic mass is 127. The fourth-order valence-corrected chi connectivity index (χ4v) is 3.34. The molecule has 2 heterocycles. The van der Waals surface area contributed by atoms with E-state index in [1.807, 2.05) is 11.0 Å². The molecule has 0 atom stereocenters. The van der Waals surface area contributed by atoms with E-state index in [-0.39, 0.29) is 12.3 Å². The maximum atomic E-state index is 12.4. The van der Waals surface area contributed by atoms with Crippen molar-refractivity contribution < 1.29 is 9.53 Å². The van der Waals surface area contributed by atoms with E-state index in [0.29, 0.717) is 10.8 Å². The Morgan fingerprint density at radius 2 is 2.30 bits per heavy atom. The number of esters is 1. The van der Waals surface area contributed by atoms with Gasteiger partial charge >= 0.3 is 5.97 Å². The summed E-state index contributed by atoms with van der Waals surface area (Å²) in [4.78, 5) is 13.9. The molecule has 5 nitrogen and oxygen atoms in total. The average molecular weight is 385 g/mol. The van der Waals surface area contributed by atoms with Crippen molar-refractivity contribution in [3.05, 3.63) is 38.4 Å². The molecular weight excluding hydrogens is 371 g/mol. The number of ether oxygens (including phenoxy) is 1. The summed E-state index contributed by atoms with van der Waals surface area (Å²) in [5, 5.41) is 13.1. The van der Waals surface area contributed by atoms with Crippen molar-refractivity contribution in [2.45, 2.75) is 19.8 Å². The van der Waals surface area contributed by atoms with Gasteiger partial charge < -0.3 is 19.9 Å². The third-order valence-electron chi connectivity index (χ3n) is 3.47. The normalized spacial score (nSPS) is 16.6. The van der Waals surface area contributed by atoms with Crippen LogP contribution >= 0.6 is 22.6 Å². The Hall–Kier alpha value is -1.28. The van der Waals surface area contributed by atoms with Crippen LogP contribution in [0.15, 0.2) is 24.0 Å². The molecule has 0 aromatic heterocycles. The summed E-state index contributed by atoms with van der Waals surface area (Å²) in [5.41, 5.74) is 2.68. The standard InChI is InChI=1S/C14H14IN2O3/c1-2-20-14(18)12-8-16-5-3-4-9-6-10(15)7-11(13(9)16)17(12)19/h6-8H,2-5H2,1H3/q-1. The average Bonchev–Trinajstić information content (AvgIpc) is 2.42. The van der Waals surface area contributed by atoms with Gasteiger partial charge in [0.1, 0.15) is 5.70 Å². The van der Waals surface area contributed by atoms with Gasteiger partial charge in [0.05, 0.1) is 18.0 Å². The molecule has 0 saturated carbocycles. The largest absolute Gasteiger partial charge is 0.754 e. The number of halogens is 1. The van der Waals surface area contributed by atoms with Crippen LogP contribution in [0.25, 0.3) is 0 Å². The molecule has 6 heteroatoms. The van der Waals surface area contributed by atoms with E-state index < -0.39 is 5.97 Å². The number of anilines is 2. The van der Waals surface area contributed by atoms with E-state index in [4.69, 9.17) is 4.74 Å². The molecule has 2 aliphatic heterocycles. The molecule has 0 radical (unpaired) electrons. The minimum Gasteiger partial charge on any atom is -0.754 e. The highest BCUT2D eigenvalue weighted by molar-refractivity contribution is 14.1. The van der Waals surface area contributed by atoms with E-state index in [1.54, 1.807) is 13.1 Å². The van der Waals surface area contributed by atoms with Gasteiger partial charge in [0, 0.05) is 16.3 Å². The lowest BCUT2D eigenvalue weighted by atomic mass is 9.99. The van der Waals surface area contributed by atoms with Gasteiger partial charge in [-0.15, -0.1) is 0 Å². The first-order valence-electron chi connectivity index (χ1n) is 6.57. The summed E-state index contributed by atoms with van der Waals surface area (Å²) in [6.45, 7) is 2.80. The Bertz CT molecular complexity index is 600. The fourth-order valence-electron chi connectivity index (χ4n) is 2.67. The van der Waals surface area contributed by atoms with Crippen LogP contribution < -0.4 is 9.96 Å². The van der Waals surface area contributed by atoms with Crippen molar-refractivity contribution in [1.29, 1.82) is 0 Å². The van der Waals surface area contributed by atoms with Crippen LogP contribution in [0.2, 0.25) is 0 Å². The van der Waals surface area contributed by atoms with E-state index in [1.165, 1.54) is 0 Å². The number of nitrogens with zero attached hydrogens (tertiary/aromatic N) is 2.